The maximum atomic E-state index is 11.7. The van der Waals surface area contributed by atoms with Crippen molar-refractivity contribution in [3.8, 4) is 0 Å². The summed E-state index contributed by atoms with van der Waals surface area (Å²) >= 11 is 11.6. The molecule has 0 radical (unpaired) electrons. The molecule has 0 fully saturated rings. The number of hydrogen-bond donors (Lipinski definition) is 1. The van der Waals surface area contributed by atoms with Crippen LogP contribution in [0.25, 0.3) is 0 Å². The summed E-state index contributed by atoms with van der Waals surface area (Å²) < 4.78 is 0. The minimum absolute atomic E-state index is 0.0295. The molecule has 1 aromatic carbocycles. The molecular formula is C11H11Cl2NO. The Kier molecular flexibility index (Phi) is 2.89. The molecule has 2 nitrogen and oxygen atoms in total. The third-order valence-corrected chi connectivity index (χ3v) is 3.36. The topological polar surface area (TPSA) is 43.1 Å². The van der Waals surface area contributed by atoms with Gasteiger partial charge in [-0.05, 0) is 36.5 Å². The third kappa shape index (κ3) is 1.72. The lowest BCUT2D eigenvalue weighted by Crippen LogP contribution is -2.09. The minimum atomic E-state index is -0.107. The first-order valence-corrected chi connectivity index (χ1v) is 5.75. The maximum absolute atomic E-state index is 11.7. The Hall–Kier alpha value is -0.730. The Morgan fingerprint density at radius 1 is 1.40 bits per heavy atom. The van der Waals surface area contributed by atoms with E-state index in [1.54, 1.807) is 6.07 Å². The van der Waals surface area contributed by atoms with Gasteiger partial charge in [0.15, 0.2) is 5.78 Å². The van der Waals surface area contributed by atoms with E-state index >= 15 is 0 Å². The highest BCUT2D eigenvalue weighted by Gasteiger charge is 2.23. The Morgan fingerprint density at radius 2 is 2.07 bits per heavy atom. The van der Waals surface area contributed by atoms with Gasteiger partial charge >= 0.3 is 0 Å². The van der Waals surface area contributed by atoms with E-state index in [9.17, 15) is 4.79 Å². The Balaban J connectivity index is 2.64. The molecule has 0 aliphatic heterocycles. The van der Waals surface area contributed by atoms with Crippen LogP contribution in [0.4, 0.5) is 5.69 Å². The number of carbonyl (C=O) groups is 1. The minimum Gasteiger partial charge on any atom is -0.398 e. The second-order valence-electron chi connectivity index (χ2n) is 3.69. The molecule has 15 heavy (non-hydrogen) atoms. The first-order chi connectivity index (χ1) is 7.15. The molecular weight excluding hydrogens is 233 g/mol. The normalized spacial score (nSPS) is 14.0. The van der Waals surface area contributed by atoms with Crippen LogP contribution in [0, 0.1) is 0 Å². The molecule has 0 aromatic heterocycles. The number of nitrogen functional groups attached to an aromatic ring is 1. The highest BCUT2D eigenvalue weighted by Crippen LogP contribution is 2.35. The zero-order valence-electron chi connectivity index (χ0n) is 8.15. The van der Waals surface area contributed by atoms with Crippen LogP contribution in [0.5, 0.6) is 0 Å². The molecule has 0 saturated carbocycles. The molecule has 2 N–H and O–H groups in total. The smallest absolute Gasteiger partial charge is 0.179 e. The zero-order chi connectivity index (χ0) is 11.0. The number of halogens is 2. The second-order valence-corrected chi connectivity index (χ2v) is 4.36. The fourth-order valence-corrected chi connectivity index (χ4v) is 2.61. The van der Waals surface area contributed by atoms with Crippen LogP contribution in [0.2, 0.25) is 5.02 Å². The monoisotopic (exact) mass is 243 g/mol. The molecule has 0 heterocycles. The fourth-order valence-electron chi connectivity index (χ4n) is 2.15. The number of hydrogen-bond acceptors (Lipinski definition) is 2. The summed E-state index contributed by atoms with van der Waals surface area (Å²) in [6.07, 6.45) is 2.83. The van der Waals surface area contributed by atoms with E-state index in [0.29, 0.717) is 16.3 Å². The van der Waals surface area contributed by atoms with Gasteiger partial charge in [-0.3, -0.25) is 4.79 Å². The predicted molar refractivity (Wildman–Crippen MR) is 62.9 cm³/mol. The lowest BCUT2D eigenvalue weighted by atomic mass is 9.98. The van der Waals surface area contributed by atoms with E-state index in [0.717, 1.165) is 30.4 Å². The van der Waals surface area contributed by atoms with Gasteiger partial charge in [0.05, 0.1) is 5.88 Å². The van der Waals surface area contributed by atoms with Crippen molar-refractivity contribution in [3.05, 3.63) is 27.8 Å². The van der Waals surface area contributed by atoms with Crippen molar-refractivity contribution in [2.75, 3.05) is 11.6 Å². The first kappa shape index (κ1) is 10.8. The van der Waals surface area contributed by atoms with E-state index in [4.69, 9.17) is 28.9 Å². The molecule has 2 rings (SSSR count). The summed E-state index contributed by atoms with van der Waals surface area (Å²) in [6.45, 7) is 0. The second kappa shape index (κ2) is 4.03. The van der Waals surface area contributed by atoms with Crippen molar-refractivity contribution in [2.24, 2.45) is 0 Å². The SMILES string of the molecule is Nc1cc(Cl)c2c(c1C(=O)CCl)CCC2. The highest BCUT2D eigenvalue weighted by atomic mass is 35.5. The van der Waals surface area contributed by atoms with Gasteiger partial charge in [0.1, 0.15) is 0 Å². The first-order valence-electron chi connectivity index (χ1n) is 4.84. The number of nitrogens with two attached hydrogens (primary N) is 1. The molecule has 4 heteroatoms. The van der Waals surface area contributed by atoms with Crippen molar-refractivity contribution < 1.29 is 4.79 Å². The summed E-state index contributed by atoms with van der Waals surface area (Å²) in [6, 6.07) is 1.66. The molecule has 0 atom stereocenters. The van der Waals surface area contributed by atoms with Crippen molar-refractivity contribution in [1.29, 1.82) is 0 Å². The number of benzene rings is 1. The van der Waals surface area contributed by atoms with Gasteiger partial charge in [-0.1, -0.05) is 11.6 Å². The van der Waals surface area contributed by atoms with Crippen LogP contribution in [0.3, 0.4) is 0 Å². The fraction of sp³-hybridized carbons (Fsp3) is 0.364. The van der Waals surface area contributed by atoms with Crippen molar-refractivity contribution in [3.63, 3.8) is 0 Å². The number of anilines is 1. The van der Waals surface area contributed by atoms with Gasteiger partial charge in [-0.15, -0.1) is 11.6 Å². The number of carbonyl (C=O) groups excluding carboxylic acids is 1. The van der Waals surface area contributed by atoms with Crippen molar-refractivity contribution in [2.45, 2.75) is 19.3 Å². The zero-order valence-corrected chi connectivity index (χ0v) is 9.66. The summed E-state index contributed by atoms with van der Waals surface area (Å²) in [5.74, 6) is -0.137. The summed E-state index contributed by atoms with van der Waals surface area (Å²) in [5.41, 5.74) is 8.92. The highest BCUT2D eigenvalue weighted by molar-refractivity contribution is 6.33. The average molecular weight is 244 g/mol. The molecule has 80 valence electrons. The molecule has 0 bridgehead atoms. The summed E-state index contributed by atoms with van der Waals surface area (Å²) in [4.78, 5) is 11.7. The van der Waals surface area contributed by atoms with E-state index in [1.165, 1.54) is 0 Å². The van der Waals surface area contributed by atoms with Gasteiger partial charge in [-0.25, -0.2) is 0 Å². The summed E-state index contributed by atoms with van der Waals surface area (Å²) in [5, 5.41) is 0.672. The molecule has 1 aliphatic rings. The third-order valence-electron chi connectivity index (χ3n) is 2.78. The van der Waals surface area contributed by atoms with Gasteiger partial charge in [0.25, 0.3) is 0 Å². The number of rotatable bonds is 2. The van der Waals surface area contributed by atoms with Crippen LogP contribution in [0.15, 0.2) is 6.07 Å². The van der Waals surface area contributed by atoms with E-state index < -0.39 is 0 Å². The number of Topliss-reactive ketones (excluding diaryl/α,β-unsaturated/α-hetero) is 1. The largest absolute Gasteiger partial charge is 0.398 e. The van der Waals surface area contributed by atoms with Gasteiger partial charge in [-0.2, -0.15) is 0 Å². The molecule has 1 aromatic rings. The van der Waals surface area contributed by atoms with Crippen LogP contribution in [-0.4, -0.2) is 11.7 Å². The van der Waals surface area contributed by atoms with E-state index in [2.05, 4.69) is 0 Å². The van der Waals surface area contributed by atoms with Crippen LogP contribution < -0.4 is 5.73 Å². The van der Waals surface area contributed by atoms with Crippen molar-refractivity contribution in [1.82, 2.24) is 0 Å². The molecule has 0 saturated heterocycles. The lowest BCUT2D eigenvalue weighted by molar-refractivity contribution is 0.102. The number of ketones is 1. The predicted octanol–water partition coefficient (Wildman–Crippen LogP) is 2.83. The van der Waals surface area contributed by atoms with E-state index in [-0.39, 0.29) is 11.7 Å². The van der Waals surface area contributed by atoms with Crippen LogP contribution >= 0.6 is 23.2 Å². The summed E-state index contributed by atoms with van der Waals surface area (Å²) in [7, 11) is 0. The van der Waals surface area contributed by atoms with Crippen LogP contribution in [-0.2, 0) is 12.8 Å². The molecule has 1 aliphatic carbocycles. The van der Waals surface area contributed by atoms with E-state index in [1.807, 2.05) is 0 Å². The lowest BCUT2D eigenvalue weighted by Gasteiger charge is -2.11. The van der Waals surface area contributed by atoms with Crippen LogP contribution in [0.1, 0.15) is 27.9 Å². The van der Waals surface area contributed by atoms with Gasteiger partial charge in [0.2, 0.25) is 0 Å². The standard InChI is InChI=1S/C11H11Cl2NO/c12-5-10(15)11-7-3-1-2-6(7)8(13)4-9(11)14/h4H,1-3,5,14H2. The maximum Gasteiger partial charge on any atom is 0.179 e. The Morgan fingerprint density at radius 3 is 2.73 bits per heavy atom. The Labute approximate surface area is 98.4 Å². The van der Waals surface area contributed by atoms with Gasteiger partial charge in [0, 0.05) is 16.3 Å². The number of fused-ring (bicyclic) bond motifs is 1. The number of alkyl halides is 1. The molecule has 0 spiro atoms. The van der Waals surface area contributed by atoms with Gasteiger partial charge < -0.3 is 5.73 Å². The average Bonchev–Trinajstić information content (AvgIpc) is 2.66. The molecule has 0 unspecified atom stereocenters. The molecule has 0 amide bonds. The van der Waals surface area contributed by atoms with Crippen molar-refractivity contribution >= 4 is 34.7 Å². The Bertz CT molecular complexity index is 429. The quantitative estimate of drug-likeness (QED) is 0.493.